The average Bonchev–Trinajstić information content (AvgIpc) is 2.68. The van der Waals surface area contributed by atoms with Crippen molar-refractivity contribution in [3.63, 3.8) is 0 Å². The summed E-state index contributed by atoms with van der Waals surface area (Å²) in [5.74, 6) is 0. The number of piperazine rings is 1. The maximum atomic E-state index is 2.61. The Morgan fingerprint density at radius 1 is 0.923 bits per heavy atom. The summed E-state index contributed by atoms with van der Waals surface area (Å²) in [5, 5.41) is 0. The van der Waals surface area contributed by atoms with Crippen LogP contribution in [0.15, 0.2) is 57.2 Å². The van der Waals surface area contributed by atoms with Crippen molar-refractivity contribution in [3.05, 3.63) is 42.5 Å². The van der Waals surface area contributed by atoms with Crippen LogP contribution in [0.2, 0.25) is 0 Å². The lowest BCUT2D eigenvalue weighted by Crippen LogP contribution is -2.45. The van der Waals surface area contributed by atoms with Crippen molar-refractivity contribution >= 4 is 34.9 Å². The number of hydrogen-bond acceptors (Lipinski definition) is 5. The second-order valence-corrected chi connectivity index (χ2v) is 9.02. The summed E-state index contributed by atoms with van der Waals surface area (Å²) >= 11 is 3.72. The van der Waals surface area contributed by atoms with E-state index in [0.717, 1.165) is 6.54 Å². The number of fused-ring (bicyclic) bond motifs is 2. The van der Waals surface area contributed by atoms with Crippen molar-refractivity contribution < 1.29 is 0 Å². The first kappa shape index (κ1) is 18.2. The van der Waals surface area contributed by atoms with E-state index in [-0.39, 0.29) is 0 Å². The predicted molar refractivity (Wildman–Crippen MR) is 114 cm³/mol. The van der Waals surface area contributed by atoms with Gasteiger partial charge >= 0.3 is 0 Å². The van der Waals surface area contributed by atoms with Crippen LogP contribution in [0.5, 0.6) is 0 Å². The molecule has 0 N–H and O–H groups in total. The fourth-order valence-electron chi connectivity index (χ4n) is 3.70. The van der Waals surface area contributed by atoms with Crippen molar-refractivity contribution in [2.24, 2.45) is 0 Å². The van der Waals surface area contributed by atoms with Gasteiger partial charge in [0.2, 0.25) is 0 Å². The van der Waals surface area contributed by atoms with E-state index in [0.29, 0.717) is 0 Å². The minimum absolute atomic E-state index is 1.08. The Balaban J connectivity index is 1.51. The van der Waals surface area contributed by atoms with Crippen LogP contribution in [0.4, 0.5) is 11.4 Å². The molecule has 5 heteroatoms. The van der Waals surface area contributed by atoms with Gasteiger partial charge in [-0.15, -0.1) is 11.8 Å². The Labute approximate surface area is 165 Å². The van der Waals surface area contributed by atoms with Crippen molar-refractivity contribution in [2.45, 2.75) is 21.1 Å². The first-order valence-corrected chi connectivity index (χ1v) is 11.4. The molecule has 2 aliphatic rings. The minimum atomic E-state index is 1.08. The highest BCUT2D eigenvalue weighted by Gasteiger charge is 2.23. The number of anilines is 2. The van der Waals surface area contributed by atoms with Crippen LogP contribution in [-0.4, -0.2) is 62.4 Å². The van der Waals surface area contributed by atoms with E-state index >= 15 is 0 Å². The molecule has 0 saturated carbocycles. The standard InChI is InChI=1S/C21H27N3S2/c1-22-12-14-23(15-13-22)10-5-11-24-18-6-3-4-7-20(18)26-21-9-8-17(25-2)16-19(21)24/h3-4,6-9,16H,5,10-15H2,1-2H3. The molecule has 0 aromatic heterocycles. The Hall–Kier alpha value is -1.14. The van der Waals surface area contributed by atoms with Gasteiger partial charge < -0.3 is 14.7 Å². The Morgan fingerprint density at radius 3 is 2.50 bits per heavy atom. The zero-order valence-corrected chi connectivity index (χ0v) is 17.3. The van der Waals surface area contributed by atoms with Crippen molar-refractivity contribution in [1.29, 1.82) is 0 Å². The zero-order valence-electron chi connectivity index (χ0n) is 15.6. The van der Waals surface area contributed by atoms with Gasteiger partial charge in [-0.05, 0) is 56.6 Å². The molecular weight excluding hydrogens is 358 g/mol. The molecule has 0 radical (unpaired) electrons. The lowest BCUT2D eigenvalue weighted by molar-refractivity contribution is 0.153. The third kappa shape index (κ3) is 3.91. The van der Waals surface area contributed by atoms with Gasteiger partial charge in [-0.3, -0.25) is 0 Å². The highest BCUT2D eigenvalue weighted by Crippen LogP contribution is 2.48. The number of rotatable bonds is 5. The number of likely N-dealkylation sites (N-methyl/N-ethyl adjacent to an activating group) is 1. The van der Waals surface area contributed by atoms with E-state index in [9.17, 15) is 0 Å². The fourth-order valence-corrected chi connectivity index (χ4v) is 5.21. The molecule has 0 aliphatic carbocycles. The van der Waals surface area contributed by atoms with Crippen LogP contribution in [0, 0.1) is 0 Å². The van der Waals surface area contributed by atoms with E-state index in [2.05, 4.69) is 70.5 Å². The molecule has 2 aromatic rings. The fraction of sp³-hybridized carbons (Fsp3) is 0.429. The second kappa shape index (κ2) is 8.26. The number of para-hydroxylation sites is 1. The van der Waals surface area contributed by atoms with Crippen molar-refractivity contribution in [2.75, 3.05) is 57.5 Å². The van der Waals surface area contributed by atoms with Gasteiger partial charge in [0.05, 0.1) is 11.4 Å². The third-order valence-electron chi connectivity index (χ3n) is 5.28. The summed E-state index contributed by atoms with van der Waals surface area (Å²) < 4.78 is 0. The molecule has 1 saturated heterocycles. The topological polar surface area (TPSA) is 9.72 Å². The summed E-state index contributed by atoms with van der Waals surface area (Å²) in [6, 6.07) is 15.7. The molecule has 0 spiro atoms. The van der Waals surface area contributed by atoms with Gasteiger partial charge in [0, 0.05) is 47.4 Å². The van der Waals surface area contributed by atoms with E-state index in [4.69, 9.17) is 0 Å². The largest absolute Gasteiger partial charge is 0.340 e. The van der Waals surface area contributed by atoms with Gasteiger partial charge in [-0.25, -0.2) is 0 Å². The number of thioether (sulfide) groups is 1. The quantitative estimate of drug-likeness (QED) is 0.691. The molecule has 0 amide bonds. The molecule has 4 rings (SSSR count). The van der Waals surface area contributed by atoms with E-state index in [1.807, 2.05) is 23.5 Å². The first-order chi connectivity index (χ1) is 12.7. The first-order valence-electron chi connectivity index (χ1n) is 9.38. The monoisotopic (exact) mass is 385 g/mol. The van der Waals surface area contributed by atoms with Crippen LogP contribution in [0.1, 0.15) is 6.42 Å². The molecule has 2 aromatic carbocycles. The molecule has 26 heavy (non-hydrogen) atoms. The van der Waals surface area contributed by atoms with Crippen molar-refractivity contribution in [1.82, 2.24) is 9.80 Å². The molecule has 0 bridgehead atoms. The van der Waals surface area contributed by atoms with Crippen LogP contribution < -0.4 is 4.90 Å². The summed E-state index contributed by atoms with van der Waals surface area (Å²) in [5.41, 5.74) is 2.74. The van der Waals surface area contributed by atoms with Gasteiger partial charge in [0.1, 0.15) is 0 Å². The summed E-state index contributed by atoms with van der Waals surface area (Å²) in [6.07, 6.45) is 3.36. The predicted octanol–water partition coefficient (Wildman–Crippen LogP) is 4.65. The normalized spacial score (nSPS) is 17.8. The van der Waals surface area contributed by atoms with Crippen LogP contribution in [0.25, 0.3) is 0 Å². The summed E-state index contributed by atoms with van der Waals surface area (Å²) in [7, 11) is 2.22. The average molecular weight is 386 g/mol. The van der Waals surface area contributed by atoms with Crippen LogP contribution in [-0.2, 0) is 0 Å². The number of nitrogens with zero attached hydrogens (tertiary/aromatic N) is 3. The van der Waals surface area contributed by atoms with Crippen LogP contribution in [0.3, 0.4) is 0 Å². The maximum Gasteiger partial charge on any atom is 0.0564 e. The summed E-state index contributed by atoms with van der Waals surface area (Å²) in [4.78, 5) is 11.7. The van der Waals surface area contributed by atoms with Gasteiger partial charge in [-0.1, -0.05) is 23.9 Å². The van der Waals surface area contributed by atoms with Gasteiger partial charge in [0.15, 0.2) is 0 Å². The second-order valence-electron chi connectivity index (χ2n) is 7.05. The highest BCUT2D eigenvalue weighted by atomic mass is 32.2. The van der Waals surface area contributed by atoms with E-state index < -0.39 is 0 Å². The molecule has 2 heterocycles. The Morgan fingerprint density at radius 2 is 1.69 bits per heavy atom. The molecule has 0 atom stereocenters. The zero-order chi connectivity index (χ0) is 17.9. The Kier molecular flexibility index (Phi) is 5.79. The molecular formula is C21H27N3S2. The molecule has 0 unspecified atom stereocenters. The molecule has 3 nitrogen and oxygen atoms in total. The van der Waals surface area contributed by atoms with Gasteiger partial charge in [-0.2, -0.15) is 0 Å². The van der Waals surface area contributed by atoms with E-state index in [1.54, 1.807) is 0 Å². The molecule has 138 valence electrons. The lowest BCUT2D eigenvalue weighted by atomic mass is 10.2. The maximum absolute atomic E-state index is 2.61. The van der Waals surface area contributed by atoms with E-state index in [1.165, 1.54) is 65.2 Å². The third-order valence-corrected chi connectivity index (χ3v) is 7.14. The highest BCUT2D eigenvalue weighted by molar-refractivity contribution is 8.00. The summed E-state index contributed by atoms with van der Waals surface area (Å²) in [6.45, 7) is 7.07. The lowest BCUT2D eigenvalue weighted by Gasteiger charge is -2.35. The number of hydrogen-bond donors (Lipinski definition) is 0. The van der Waals surface area contributed by atoms with Crippen molar-refractivity contribution in [3.8, 4) is 0 Å². The molecule has 2 aliphatic heterocycles. The minimum Gasteiger partial charge on any atom is -0.340 e. The Bertz CT molecular complexity index is 757. The smallest absolute Gasteiger partial charge is 0.0564 e. The van der Waals surface area contributed by atoms with Gasteiger partial charge in [0.25, 0.3) is 0 Å². The SMILES string of the molecule is CSc1ccc2c(c1)N(CCCN1CCN(C)CC1)c1ccccc1S2. The van der Waals surface area contributed by atoms with Crippen LogP contribution >= 0.6 is 23.5 Å². The molecule has 1 fully saturated rings. The number of benzene rings is 2.